The van der Waals surface area contributed by atoms with Crippen LogP contribution in [-0.2, 0) is 9.47 Å². The first kappa shape index (κ1) is 11.2. The van der Waals surface area contributed by atoms with Gasteiger partial charge in [0.25, 0.3) is 5.92 Å². The van der Waals surface area contributed by atoms with Crippen molar-refractivity contribution in [3.63, 3.8) is 0 Å². The van der Waals surface area contributed by atoms with E-state index in [9.17, 15) is 8.78 Å². The molecule has 5 heteroatoms. The number of hydrogen-bond donors (Lipinski definition) is 1. The van der Waals surface area contributed by atoms with Gasteiger partial charge in [0.15, 0.2) is 5.79 Å². The van der Waals surface area contributed by atoms with Gasteiger partial charge in [-0.3, -0.25) is 0 Å². The van der Waals surface area contributed by atoms with E-state index >= 15 is 0 Å². The largest absolute Gasteiger partial charge is 0.390 e. The number of hydrogen-bond acceptors (Lipinski definition) is 3. The van der Waals surface area contributed by atoms with Crippen molar-refractivity contribution in [2.45, 2.75) is 37.4 Å². The SMILES string of the molecule is OCC(F)(F)C1CCC2(CC1)OCCO2. The summed E-state index contributed by atoms with van der Waals surface area (Å²) in [7, 11) is 0. The van der Waals surface area contributed by atoms with E-state index in [0.717, 1.165) is 0 Å². The summed E-state index contributed by atoms with van der Waals surface area (Å²) < 4.78 is 37.3. The van der Waals surface area contributed by atoms with Crippen LogP contribution in [0.1, 0.15) is 25.7 Å². The highest BCUT2D eigenvalue weighted by Gasteiger charge is 2.47. The molecule has 2 fully saturated rings. The number of ether oxygens (including phenoxy) is 2. The molecule has 3 nitrogen and oxygen atoms in total. The van der Waals surface area contributed by atoms with Crippen molar-refractivity contribution in [3.05, 3.63) is 0 Å². The van der Waals surface area contributed by atoms with E-state index in [0.29, 0.717) is 38.9 Å². The summed E-state index contributed by atoms with van der Waals surface area (Å²) in [6, 6.07) is 0. The summed E-state index contributed by atoms with van der Waals surface area (Å²) in [6.07, 6.45) is 1.72. The monoisotopic (exact) mass is 222 g/mol. The molecule has 1 aliphatic heterocycles. The molecule has 1 heterocycles. The van der Waals surface area contributed by atoms with E-state index in [-0.39, 0.29) is 0 Å². The summed E-state index contributed by atoms with van der Waals surface area (Å²) in [5.74, 6) is -4.29. The van der Waals surface area contributed by atoms with Crippen molar-refractivity contribution in [2.75, 3.05) is 19.8 Å². The van der Waals surface area contributed by atoms with Crippen LogP contribution >= 0.6 is 0 Å². The van der Waals surface area contributed by atoms with Crippen LogP contribution in [0.2, 0.25) is 0 Å². The maximum absolute atomic E-state index is 13.2. The van der Waals surface area contributed by atoms with Gasteiger partial charge in [0, 0.05) is 18.8 Å². The van der Waals surface area contributed by atoms with Gasteiger partial charge < -0.3 is 14.6 Å². The molecule has 0 aromatic rings. The summed E-state index contributed by atoms with van der Waals surface area (Å²) in [4.78, 5) is 0. The Kier molecular flexibility index (Phi) is 2.96. The molecule has 1 aliphatic carbocycles. The highest BCUT2D eigenvalue weighted by atomic mass is 19.3. The number of rotatable bonds is 2. The fourth-order valence-corrected chi connectivity index (χ4v) is 2.39. The number of alkyl halides is 2. The van der Waals surface area contributed by atoms with Crippen molar-refractivity contribution >= 4 is 0 Å². The second-order valence-electron chi connectivity index (χ2n) is 4.30. The minimum atomic E-state index is -2.96. The van der Waals surface area contributed by atoms with Crippen LogP contribution in [0.15, 0.2) is 0 Å². The summed E-state index contributed by atoms with van der Waals surface area (Å²) in [5, 5.41) is 8.59. The molecule has 0 radical (unpaired) electrons. The molecule has 2 rings (SSSR count). The van der Waals surface area contributed by atoms with Gasteiger partial charge >= 0.3 is 0 Å². The zero-order valence-corrected chi connectivity index (χ0v) is 8.55. The molecule has 0 bridgehead atoms. The Labute approximate surface area is 87.4 Å². The molecule has 15 heavy (non-hydrogen) atoms. The normalized spacial score (nSPS) is 27.4. The third-order valence-corrected chi connectivity index (χ3v) is 3.37. The zero-order chi connectivity index (χ0) is 10.9. The van der Waals surface area contributed by atoms with Gasteiger partial charge in [0.1, 0.15) is 6.61 Å². The molecule has 0 aromatic heterocycles. The number of aliphatic hydroxyl groups is 1. The van der Waals surface area contributed by atoms with Gasteiger partial charge in [-0.15, -0.1) is 0 Å². The second kappa shape index (κ2) is 3.96. The Balaban J connectivity index is 1.91. The van der Waals surface area contributed by atoms with Gasteiger partial charge in [-0.1, -0.05) is 0 Å². The van der Waals surface area contributed by atoms with E-state index < -0.39 is 24.2 Å². The van der Waals surface area contributed by atoms with E-state index in [2.05, 4.69) is 0 Å². The van der Waals surface area contributed by atoms with Crippen LogP contribution in [0.4, 0.5) is 8.78 Å². The van der Waals surface area contributed by atoms with Crippen molar-refractivity contribution in [1.82, 2.24) is 0 Å². The average Bonchev–Trinajstić information content (AvgIpc) is 2.67. The molecule has 1 N–H and O–H groups in total. The van der Waals surface area contributed by atoms with Gasteiger partial charge in [-0.05, 0) is 12.8 Å². The van der Waals surface area contributed by atoms with E-state index in [1.165, 1.54) is 0 Å². The smallest absolute Gasteiger partial charge is 0.273 e. The van der Waals surface area contributed by atoms with Crippen LogP contribution in [0, 0.1) is 5.92 Å². The minimum Gasteiger partial charge on any atom is -0.390 e. The van der Waals surface area contributed by atoms with Gasteiger partial charge in [-0.25, -0.2) is 8.78 Å². The predicted molar refractivity (Wildman–Crippen MR) is 48.6 cm³/mol. The Morgan fingerprint density at radius 2 is 1.73 bits per heavy atom. The Morgan fingerprint density at radius 1 is 1.20 bits per heavy atom. The van der Waals surface area contributed by atoms with Crippen molar-refractivity contribution < 1.29 is 23.4 Å². The molecule has 1 saturated heterocycles. The summed E-state index contributed by atoms with van der Waals surface area (Å²) in [5.41, 5.74) is 0. The lowest BCUT2D eigenvalue weighted by Crippen LogP contribution is -2.41. The Bertz CT molecular complexity index is 217. The van der Waals surface area contributed by atoms with Crippen LogP contribution in [0.5, 0.6) is 0 Å². The zero-order valence-electron chi connectivity index (χ0n) is 8.55. The fourth-order valence-electron chi connectivity index (χ4n) is 2.39. The fraction of sp³-hybridized carbons (Fsp3) is 1.00. The maximum Gasteiger partial charge on any atom is 0.273 e. The average molecular weight is 222 g/mol. The topological polar surface area (TPSA) is 38.7 Å². The molecule has 0 unspecified atom stereocenters. The first-order valence-corrected chi connectivity index (χ1v) is 5.35. The van der Waals surface area contributed by atoms with E-state index in [1.807, 2.05) is 0 Å². The first-order valence-electron chi connectivity index (χ1n) is 5.35. The van der Waals surface area contributed by atoms with Crippen LogP contribution < -0.4 is 0 Å². The minimum absolute atomic E-state index is 0.355. The van der Waals surface area contributed by atoms with Gasteiger partial charge in [0.2, 0.25) is 0 Å². The highest BCUT2D eigenvalue weighted by Crippen LogP contribution is 2.43. The highest BCUT2D eigenvalue weighted by molar-refractivity contribution is 4.87. The molecular formula is C10H16F2O3. The van der Waals surface area contributed by atoms with Gasteiger partial charge in [-0.2, -0.15) is 0 Å². The summed E-state index contributed by atoms with van der Waals surface area (Å²) in [6.45, 7) is 0.0501. The molecule has 0 atom stereocenters. The number of aliphatic hydroxyl groups excluding tert-OH is 1. The van der Waals surface area contributed by atoms with Crippen LogP contribution in [-0.4, -0.2) is 36.6 Å². The molecule has 1 spiro atoms. The molecule has 2 aliphatic rings. The van der Waals surface area contributed by atoms with Crippen LogP contribution in [0.3, 0.4) is 0 Å². The van der Waals surface area contributed by atoms with E-state index in [1.54, 1.807) is 0 Å². The van der Waals surface area contributed by atoms with Crippen LogP contribution in [0.25, 0.3) is 0 Å². The lowest BCUT2D eigenvalue weighted by molar-refractivity contribution is -0.202. The maximum atomic E-state index is 13.2. The third-order valence-electron chi connectivity index (χ3n) is 3.37. The first-order chi connectivity index (χ1) is 7.08. The molecule has 0 amide bonds. The quantitative estimate of drug-likeness (QED) is 0.770. The second-order valence-corrected chi connectivity index (χ2v) is 4.30. The summed E-state index contributed by atoms with van der Waals surface area (Å²) >= 11 is 0. The molecule has 1 saturated carbocycles. The lowest BCUT2D eigenvalue weighted by Gasteiger charge is -2.37. The number of halogens is 2. The Morgan fingerprint density at radius 3 is 2.20 bits per heavy atom. The van der Waals surface area contributed by atoms with Crippen molar-refractivity contribution in [1.29, 1.82) is 0 Å². The third kappa shape index (κ3) is 2.14. The Hall–Kier alpha value is -0.260. The molecule has 88 valence electrons. The standard InChI is InChI=1S/C10H16F2O3/c11-10(12,7-13)8-1-3-9(4-2-8)14-5-6-15-9/h8,13H,1-7H2. The molecule has 0 aromatic carbocycles. The molecular weight excluding hydrogens is 206 g/mol. The van der Waals surface area contributed by atoms with Crippen molar-refractivity contribution in [2.24, 2.45) is 5.92 Å². The van der Waals surface area contributed by atoms with Gasteiger partial charge in [0.05, 0.1) is 13.2 Å². The lowest BCUT2D eigenvalue weighted by atomic mass is 9.81. The predicted octanol–water partition coefficient (Wildman–Crippen LogP) is 1.55. The van der Waals surface area contributed by atoms with E-state index in [4.69, 9.17) is 14.6 Å². The van der Waals surface area contributed by atoms with Crippen molar-refractivity contribution in [3.8, 4) is 0 Å².